The Morgan fingerprint density at radius 2 is 2.06 bits per heavy atom. The van der Waals surface area contributed by atoms with Crippen molar-refractivity contribution in [1.82, 2.24) is 9.62 Å². The van der Waals surface area contributed by atoms with Crippen molar-refractivity contribution in [3.8, 4) is 0 Å². The van der Waals surface area contributed by atoms with E-state index < -0.39 is 10.0 Å². The molecule has 1 amide bonds. The summed E-state index contributed by atoms with van der Waals surface area (Å²) in [4.78, 5) is 18.0. The largest absolute Gasteiger partial charge is 0.377 e. The maximum atomic E-state index is 13.6. The Hall–Kier alpha value is -2.04. The number of carbonyl (C=O) groups excluding carboxylic acids is 1. The lowest BCUT2D eigenvalue weighted by Gasteiger charge is -2.35. The standard InChI is InChI=1S/C23H24N2O4S3/c26-23(25-10-8-20-19(9-13-31-20)22(25)21-7-3-12-30-21)16-4-1-6-18(14-16)32(27,28)24-15-17-5-2-11-29-17/h1,3-4,6-7,9,12-14,17,22,24H,2,5,8,10-11,15H2/t17-,22+/m1/s1. The number of hydrogen-bond donors (Lipinski definition) is 1. The number of ether oxygens (including phenoxy) is 1. The number of carbonyl (C=O) groups is 1. The molecule has 1 N–H and O–H groups in total. The topological polar surface area (TPSA) is 75.7 Å². The average molecular weight is 489 g/mol. The molecule has 6 nitrogen and oxygen atoms in total. The van der Waals surface area contributed by atoms with Gasteiger partial charge in [0.2, 0.25) is 10.0 Å². The fourth-order valence-corrected chi connectivity index (χ4v) is 7.21. The molecule has 0 aliphatic carbocycles. The molecule has 168 valence electrons. The van der Waals surface area contributed by atoms with E-state index in [4.69, 9.17) is 4.74 Å². The van der Waals surface area contributed by atoms with Crippen molar-refractivity contribution < 1.29 is 17.9 Å². The molecule has 9 heteroatoms. The molecule has 0 unspecified atom stereocenters. The van der Waals surface area contributed by atoms with Crippen LogP contribution in [-0.4, -0.2) is 45.0 Å². The Kier molecular flexibility index (Phi) is 6.18. The van der Waals surface area contributed by atoms with Crippen molar-refractivity contribution in [2.75, 3.05) is 19.7 Å². The van der Waals surface area contributed by atoms with Crippen LogP contribution in [0.15, 0.2) is 58.1 Å². The van der Waals surface area contributed by atoms with Crippen LogP contribution in [0, 0.1) is 0 Å². The van der Waals surface area contributed by atoms with Crippen LogP contribution in [0.4, 0.5) is 0 Å². The molecule has 2 aliphatic heterocycles. The van der Waals surface area contributed by atoms with Crippen molar-refractivity contribution in [2.45, 2.75) is 36.3 Å². The van der Waals surface area contributed by atoms with Gasteiger partial charge in [-0.05, 0) is 65.9 Å². The number of benzene rings is 1. The summed E-state index contributed by atoms with van der Waals surface area (Å²) in [6, 6.07) is 12.3. The minimum absolute atomic E-state index is 0.0886. The number of sulfonamides is 1. The van der Waals surface area contributed by atoms with E-state index in [1.165, 1.54) is 22.6 Å². The lowest BCUT2D eigenvalue weighted by Crippen LogP contribution is -2.40. The van der Waals surface area contributed by atoms with Gasteiger partial charge in [0, 0.05) is 35.0 Å². The highest BCUT2D eigenvalue weighted by molar-refractivity contribution is 7.89. The van der Waals surface area contributed by atoms with Crippen LogP contribution in [0.25, 0.3) is 0 Å². The summed E-state index contributed by atoms with van der Waals surface area (Å²) in [5, 5.41) is 4.09. The zero-order valence-corrected chi connectivity index (χ0v) is 19.8. The number of fused-ring (bicyclic) bond motifs is 1. The Morgan fingerprint density at radius 3 is 2.84 bits per heavy atom. The van der Waals surface area contributed by atoms with Crippen LogP contribution >= 0.6 is 22.7 Å². The maximum absolute atomic E-state index is 13.6. The van der Waals surface area contributed by atoms with Crippen molar-refractivity contribution in [1.29, 1.82) is 0 Å². The molecular formula is C23H24N2O4S3. The van der Waals surface area contributed by atoms with Gasteiger partial charge in [0.15, 0.2) is 0 Å². The van der Waals surface area contributed by atoms with Gasteiger partial charge in [-0.1, -0.05) is 12.1 Å². The van der Waals surface area contributed by atoms with Gasteiger partial charge in [0.1, 0.15) is 0 Å². The van der Waals surface area contributed by atoms with E-state index in [9.17, 15) is 13.2 Å². The minimum atomic E-state index is -3.73. The Balaban J connectivity index is 1.41. The van der Waals surface area contributed by atoms with E-state index in [0.717, 1.165) is 24.1 Å². The smallest absolute Gasteiger partial charge is 0.254 e. The van der Waals surface area contributed by atoms with Gasteiger partial charge in [-0.2, -0.15) is 0 Å². The third-order valence-electron chi connectivity index (χ3n) is 5.96. The number of rotatable bonds is 6. The van der Waals surface area contributed by atoms with E-state index in [-0.39, 0.29) is 29.5 Å². The van der Waals surface area contributed by atoms with Crippen molar-refractivity contribution in [3.05, 3.63) is 74.1 Å². The van der Waals surface area contributed by atoms with Gasteiger partial charge in [0.05, 0.1) is 17.0 Å². The molecule has 2 atom stereocenters. The van der Waals surface area contributed by atoms with E-state index in [2.05, 4.69) is 22.2 Å². The molecule has 0 radical (unpaired) electrons. The molecule has 5 rings (SSSR count). The third kappa shape index (κ3) is 4.27. The second-order valence-corrected chi connectivity index (χ2v) is 11.7. The van der Waals surface area contributed by atoms with Crippen LogP contribution in [0.3, 0.4) is 0 Å². The van der Waals surface area contributed by atoms with Gasteiger partial charge < -0.3 is 9.64 Å². The van der Waals surface area contributed by atoms with Gasteiger partial charge in [-0.25, -0.2) is 13.1 Å². The highest BCUT2D eigenvalue weighted by atomic mass is 32.2. The number of nitrogens with one attached hydrogen (secondary N) is 1. The molecule has 2 aromatic heterocycles. The summed E-state index contributed by atoms with van der Waals surface area (Å²) in [6.07, 6.45) is 2.52. The van der Waals surface area contributed by atoms with Crippen LogP contribution in [0.2, 0.25) is 0 Å². The molecule has 2 aliphatic rings. The SMILES string of the molecule is O=C(c1cccc(S(=O)(=O)NC[C@H]2CCCO2)c1)N1CCc2sccc2[C@H]1c1cccs1. The van der Waals surface area contributed by atoms with Gasteiger partial charge in [-0.3, -0.25) is 4.79 Å². The summed E-state index contributed by atoms with van der Waals surface area (Å²) in [6.45, 7) is 1.51. The number of thiophene rings is 2. The van der Waals surface area contributed by atoms with Crippen LogP contribution in [0.1, 0.15) is 44.6 Å². The maximum Gasteiger partial charge on any atom is 0.254 e. The molecule has 0 bridgehead atoms. The van der Waals surface area contributed by atoms with Gasteiger partial charge in [-0.15, -0.1) is 22.7 Å². The molecule has 32 heavy (non-hydrogen) atoms. The summed E-state index contributed by atoms with van der Waals surface area (Å²) in [5.74, 6) is -0.156. The van der Waals surface area contributed by atoms with E-state index in [1.54, 1.807) is 34.8 Å². The van der Waals surface area contributed by atoms with Crippen LogP contribution in [-0.2, 0) is 21.2 Å². The van der Waals surface area contributed by atoms with E-state index >= 15 is 0 Å². The normalized spacial score (nSPS) is 20.9. The minimum Gasteiger partial charge on any atom is -0.377 e. The predicted octanol–water partition coefficient (Wildman–Crippen LogP) is 4.05. The first kappa shape index (κ1) is 21.8. The Labute approximate surface area is 195 Å². The summed E-state index contributed by atoms with van der Waals surface area (Å²) in [5.41, 5.74) is 1.55. The molecule has 0 saturated carbocycles. The predicted molar refractivity (Wildman–Crippen MR) is 126 cm³/mol. The quantitative estimate of drug-likeness (QED) is 0.568. The molecule has 4 heterocycles. The highest BCUT2D eigenvalue weighted by Gasteiger charge is 2.34. The van der Waals surface area contributed by atoms with E-state index in [0.29, 0.717) is 18.7 Å². The Bertz CT molecular complexity index is 1200. The third-order valence-corrected chi connectivity index (χ3v) is 9.30. The Morgan fingerprint density at radius 1 is 1.16 bits per heavy atom. The first-order valence-electron chi connectivity index (χ1n) is 10.6. The van der Waals surface area contributed by atoms with Crippen molar-refractivity contribution >= 4 is 38.6 Å². The first-order valence-corrected chi connectivity index (χ1v) is 13.9. The number of hydrogen-bond acceptors (Lipinski definition) is 6. The fourth-order valence-electron chi connectivity index (χ4n) is 4.34. The van der Waals surface area contributed by atoms with Crippen molar-refractivity contribution in [2.24, 2.45) is 0 Å². The monoisotopic (exact) mass is 488 g/mol. The van der Waals surface area contributed by atoms with Crippen LogP contribution < -0.4 is 4.72 Å². The lowest BCUT2D eigenvalue weighted by atomic mass is 9.97. The van der Waals surface area contributed by atoms with E-state index in [1.807, 2.05) is 16.3 Å². The molecule has 3 aromatic rings. The molecular weight excluding hydrogens is 464 g/mol. The fraction of sp³-hybridized carbons (Fsp3) is 0.348. The average Bonchev–Trinajstić information content (AvgIpc) is 3.59. The molecule has 1 aromatic carbocycles. The summed E-state index contributed by atoms with van der Waals surface area (Å²) >= 11 is 3.36. The second kappa shape index (κ2) is 9.07. The first-order chi connectivity index (χ1) is 15.5. The lowest BCUT2D eigenvalue weighted by molar-refractivity contribution is 0.0698. The highest BCUT2D eigenvalue weighted by Crippen LogP contribution is 2.40. The molecule has 1 fully saturated rings. The zero-order valence-electron chi connectivity index (χ0n) is 17.4. The number of nitrogens with zero attached hydrogens (tertiary/aromatic N) is 1. The number of amides is 1. The van der Waals surface area contributed by atoms with Gasteiger partial charge >= 0.3 is 0 Å². The molecule has 1 saturated heterocycles. The zero-order chi connectivity index (χ0) is 22.1. The van der Waals surface area contributed by atoms with Crippen LogP contribution in [0.5, 0.6) is 0 Å². The molecule has 0 spiro atoms. The summed E-state index contributed by atoms with van der Waals surface area (Å²) < 4.78 is 33.8. The van der Waals surface area contributed by atoms with Crippen molar-refractivity contribution in [3.63, 3.8) is 0 Å². The summed E-state index contributed by atoms with van der Waals surface area (Å²) in [7, 11) is -3.73. The second-order valence-electron chi connectivity index (χ2n) is 7.98. The van der Waals surface area contributed by atoms with Gasteiger partial charge in [0.25, 0.3) is 5.91 Å².